The van der Waals surface area contributed by atoms with Crippen LogP contribution in [0.25, 0.3) is 0 Å². The third-order valence-electron chi connectivity index (χ3n) is 2.92. The second-order valence-electron chi connectivity index (χ2n) is 4.44. The number of benzene rings is 2. The van der Waals surface area contributed by atoms with Crippen molar-refractivity contribution in [3.63, 3.8) is 0 Å². The van der Waals surface area contributed by atoms with E-state index >= 15 is 0 Å². The summed E-state index contributed by atoms with van der Waals surface area (Å²) in [5.41, 5.74) is 1.12. The fourth-order valence-electron chi connectivity index (χ4n) is 1.87. The Labute approximate surface area is 130 Å². The van der Waals surface area contributed by atoms with Gasteiger partial charge in [-0.3, -0.25) is 10.1 Å². The second kappa shape index (κ2) is 6.43. The van der Waals surface area contributed by atoms with Crippen LogP contribution in [0.1, 0.15) is 5.56 Å². The van der Waals surface area contributed by atoms with Gasteiger partial charge in [-0.15, -0.1) is 0 Å². The first kappa shape index (κ1) is 14.3. The van der Waals surface area contributed by atoms with Crippen molar-refractivity contribution in [1.29, 1.82) is 0 Å². The number of nitro groups is 1. The van der Waals surface area contributed by atoms with E-state index in [1.54, 1.807) is 18.2 Å². The standard InChI is InChI=1S/C14H11N7O2/c22-21(23)13-9-5-4-6-11(13)10-15-20-14(17-18-19-20)16-12-7-2-1-3-8-12/h1-10H,(H,16,17,19)/b15-10-. The summed E-state index contributed by atoms with van der Waals surface area (Å²) in [6, 6.07) is 15.6. The van der Waals surface area contributed by atoms with Gasteiger partial charge >= 0.3 is 0 Å². The summed E-state index contributed by atoms with van der Waals surface area (Å²) in [5.74, 6) is 0.297. The summed E-state index contributed by atoms with van der Waals surface area (Å²) in [6.45, 7) is 0. The van der Waals surface area contributed by atoms with Gasteiger partial charge in [0, 0.05) is 11.8 Å². The second-order valence-corrected chi connectivity index (χ2v) is 4.44. The van der Waals surface area contributed by atoms with E-state index in [0.717, 1.165) is 10.5 Å². The van der Waals surface area contributed by atoms with Gasteiger partial charge in [-0.25, -0.2) is 0 Å². The highest BCUT2D eigenvalue weighted by Crippen LogP contribution is 2.16. The van der Waals surface area contributed by atoms with E-state index in [1.807, 2.05) is 30.3 Å². The van der Waals surface area contributed by atoms with Crippen molar-refractivity contribution in [3.8, 4) is 0 Å². The van der Waals surface area contributed by atoms with E-state index < -0.39 is 4.92 Å². The molecule has 0 atom stereocenters. The van der Waals surface area contributed by atoms with E-state index in [-0.39, 0.29) is 5.69 Å². The minimum absolute atomic E-state index is 0.0399. The number of nitrogens with zero attached hydrogens (tertiary/aromatic N) is 6. The number of tetrazole rings is 1. The Bertz CT molecular complexity index is 845. The van der Waals surface area contributed by atoms with Crippen LogP contribution >= 0.6 is 0 Å². The summed E-state index contributed by atoms with van der Waals surface area (Å²) in [7, 11) is 0. The van der Waals surface area contributed by atoms with Crippen LogP contribution in [0.3, 0.4) is 0 Å². The molecule has 0 saturated heterocycles. The minimum atomic E-state index is -0.468. The van der Waals surface area contributed by atoms with Crippen molar-refractivity contribution in [3.05, 3.63) is 70.3 Å². The molecular weight excluding hydrogens is 298 g/mol. The molecule has 114 valence electrons. The predicted molar refractivity (Wildman–Crippen MR) is 83.6 cm³/mol. The van der Waals surface area contributed by atoms with E-state index in [1.165, 1.54) is 12.3 Å². The van der Waals surface area contributed by atoms with E-state index in [9.17, 15) is 10.1 Å². The molecule has 9 heteroatoms. The van der Waals surface area contributed by atoms with Crippen molar-refractivity contribution in [1.82, 2.24) is 20.3 Å². The van der Waals surface area contributed by atoms with Crippen molar-refractivity contribution < 1.29 is 4.92 Å². The van der Waals surface area contributed by atoms with E-state index in [0.29, 0.717) is 11.5 Å². The summed E-state index contributed by atoms with van der Waals surface area (Å²) >= 11 is 0. The molecule has 0 radical (unpaired) electrons. The van der Waals surface area contributed by atoms with Crippen LogP contribution in [0.15, 0.2) is 59.7 Å². The van der Waals surface area contributed by atoms with Crippen molar-refractivity contribution in [2.24, 2.45) is 5.10 Å². The first-order valence-electron chi connectivity index (χ1n) is 6.62. The van der Waals surface area contributed by atoms with Crippen LogP contribution in [-0.4, -0.2) is 31.5 Å². The molecule has 0 fully saturated rings. The number of anilines is 2. The van der Waals surface area contributed by atoms with Crippen LogP contribution in [-0.2, 0) is 0 Å². The highest BCUT2D eigenvalue weighted by Gasteiger charge is 2.11. The molecular formula is C14H11N7O2. The molecule has 0 aliphatic rings. The third kappa shape index (κ3) is 3.35. The third-order valence-corrected chi connectivity index (χ3v) is 2.92. The van der Waals surface area contributed by atoms with Gasteiger partial charge in [-0.1, -0.05) is 40.2 Å². The smallest absolute Gasteiger partial charge is 0.278 e. The number of aromatic nitrogens is 4. The maximum atomic E-state index is 11.0. The Morgan fingerprint density at radius 1 is 1.13 bits per heavy atom. The molecule has 2 aromatic carbocycles. The average molecular weight is 309 g/mol. The Balaban J connectivity index is 1.85. The van der Waals surface area contributed by atoms with Crippen LogP contribution in [0.4, 0.5) is 17.3 Å². The zero-order valence-corrected chi connectivity index (χ0v) is 11.8. The minimum Gasteiger partial charge on any atom is -0.321 e. The zero-order chi connectivity index (χ0) is 16.1. The monoisotopic (exact) mass is 309 g/mol. The normalized spacial score (nSPS) is 10.8. The largest absolute Gasteiger partial charge is 0.321 e. The molecule has 0 amide bonds. The average Bonchev–Trinajstić information content (AvgIpc) is 3.01. The van der Waals surface area contributed by atoms with Gasteiger partial charge in [-0.2, -0.15) is 5.10 Å². The quantitative estimate of drug-likeness (QED) is 0.439. The predicted octanol–water partition coefficient (Wildman–Crippen LogP) is 2.21. The maximum absolute atomic E-state index is 11.0. The van der Waals surface area contributed by atoms with Crippen LogP contribution in [0, 0.1) is 10.1 Å². The highest BCUT2D eigenvalue weighted by molar-refractivity contribution is 5.85. The zero-order valence-electron chi connectivity index (χ0n) is 11.8. The summed E-state index contributed by atoms with van der Waals surface area (Å²) < 4.78 is 0. The van der Waals surface area contributed by atoms with Gasteiger partial charge < -0.3 is 5.32 Å². The van der Waals surface area contributed by atoms with Crippen molar-refractivity contribution in [2.75, 3.05) is 5.32 Å². The lowest BCUT2D eigenvalue weighted by Gasteiger charge is -2.02. The molecule has 3 rings (SSSR count). The van der Waals surface area contributed by atoms with Gasteiger partial charge in [0.2, 0.25) is 0 Å². The molecule has 0 unspecified atom stereocenters. The maximum Gasteiger partial charge on any atom is 0.278 e. The highest BCUT2D eigenvalue weighted by atomic mass is 16.6. The molecule has 1 heterocycles. The molecule has 0 spiro atoms. The Morgan fingerprint density at radius 3 is 2.65 bits per heavy atom. The number of nitro benzene ring substituents is 1. The molecule has 23 heavy (non-hydrogen) atoms. The van der Waals surface area contributed by atoms with E-state index in [4.69, 9.17) is 0 Å². The molecule has 1 aromatic heterocycles. The van der Waals surface area contributed by atoms with Crippen molar-refractivity contribution in [2.45, 2.75) is 0 Å². The molecule has 0 bridgehead atoms. The van der Waals surface area contributed by atoms with Crippen molar-refractivity contribution >= 4 is 23.5 Å². The number of hydrogen-bond acceptors (Lipinski definition) is 7. The number of rotatable bonds is 5. The number of para-hydroxylation sites is 2. The molecule has 0 aliphatic heterocycles. The van der Waals surface area contributed by atoms with Gasteiger partial charge in [-0.05, 0) is 28.6 Å². The Morgan fingerprint density at radius 2 is 1.87 bits per heavy atom. The first-order valence-corrected chi connectivity index (χ1v) is 6.62. The van der Waals surface area contributed by atoms with Crippen LogP contribution in [0.2, 0.25) is 0 Å². The summed E-state index contributed by atoms with van der Waals surface area (Å²) in [5, 5.41) is 29.1. The van der Waals surface area contributed by atoms with Crippen LogP contribution in [0.5, 0.6) is 0 Å². The number of hydrogen-bond donors (Lipinski definition) is 1. The molecule has 1 N–H and O–H groups in total. The topological polar surface area (TPSA) is 111 Å². The number of nitrogens with one attached hydrogen (secondary N) is 1. The lowest BCUT2D eigenvalue weighted by Crippen LogP contribution is -2.02. The Hall–Kier alpha value is -3.62. The fourth-order valence-corrected chi connectivity index (χ4v) is 1.87. The van der Waals surface area contributed by atoms with Gasteiger partial charge in [0.15, 0.2) is 0 Å². The van der Waals surface area contributed by atoms with Crippen LogP contribution < -0.4 is 5.32 Å². The van der Waals surface area contributed by atoms with E-state index in [2.05, 4.69) is 25.9 Å². The summed E-state index contributed by atoms with van der Waals surface area (Å²) in [4.78, 5) is 11.7. The SMILES string of the molecule is O=[N+]([O-])c1ccccc1/C=N\n1nnnc1Nc1ccccc1. The van der Waals surface area contributed by atoms with Gasteiger partial charge in [0.05, 0.1) is 16.7 Å². The van der Waals surface area contributed by atoms with Gasteiger partial charge in [0.25, 0.3) is 11.6 Å². The molecule has 3 aromatic rings. The molecule has 0 aliphatic carbocycles. The lowest BCUT2D eigenvalue weighted by molar-refractivity contribution is -0.385. The lowest BCUT2D eigenvalue weighted by atomic mass is 10.2. The summed E-state index contributed by atoms with van der Waals surface area (Å²) in [6.07, 6.45) is 1.34. The Kier molecular flexibility index (Phi) is 4.01. The first-order chi connectivity index (χ1) is 11.2. The fraction of sp³-hybridized carbons (Fsp3) is 0. The van der Waals surface area contributed by atoms with Gasteiger partial charge in [0.1, 0.15) is 0 Å². The molecule has 9 nitrogen and oxygen atoms in total. The molecule has 0 saturated carbocycles.